The maximum absolute atomic E-state index is 13.7. The van der Waals surface area contributed by atoms with Gasteiger partial charge >= 0.3 is 0 Å². The molecule has 37 heavy (non-hydrogen) atoms. The van der Waals surface area contributed by atoms with Gasteiger partial charge in [0, 0.05) is 25.3 Å². The van der Waals surface area contributed by atoms with E-state index in [2.05, 4.69) is 0 Å². The number of ether oxygens (including phenoxy) is 1. The molecule has 1 aromatic heterocycles. The molecule has 1 aliphatic heterocycles. The highest BCUT2D eigenvalue weighted by Crippen LogP contribution is 2.20. The predicted octanol–water partition coefficient (Wildman–Crippen LogP) is 5.59. The van der Waals surface area contributed by atoms with Crippen LogP contribution in [0.3, 0.4) is 0 Å². The summed E-state index contributed by atoms with van der Waals surface area (Å²) >= 11 is 0. The molecule has 1 aliphatic rings. The Bertz CT molecular complexity index is 1360. The SMILES string of the molecule is Cc1ccc(CN(Cc2ccccc2)C(=O)CN(CC2CCCO2)C(=O)c2ccc3ccccc3c2)o1. The number of rotatable bonds is 9. The molecule has 2 amide bonds. The van der Waals surface area contributed by atoms with E-state index in [0.29, 0.717) is 37.6 Å². The van der Waals surface area contributed by atoms with Crippen LogP contribution < -0.4 is 0 Å². The van der Waals surface area contributed by atoms with E-state index in [1.165, 1.54) is 0 Å². The zero-order chi connectivity index (χ0) is 25.6. The van der Waals surface area contributed by atoms with Crippen LogP contribution in [0.4, 0.5) is 0 Å². The molecule has 2 heterocycles. The summed E-state index contributed by atoms with van der Waals surface area (Å²) in [4.78, 5) is 30.9. The Morgan fingerprint density at radius 2 is 1.65 bits per heavy atom. The summed E-state index contributed by atoms with van der Waals surface area (Å²) in [7, 11) is 0. The molecule has 1 atom stereocenters. The van der Waals surface area contributed by atoms with Crippen molar-refractivity contribution in [1.29, 1.82) is 0 Å². The van der Waals surface area contributed by atoms with Crippen LogP contribution in [0.5, 0.6) is 0 Å². The van der Waals surface area contributed by atoms with Gasteiger partial charge in [0.2, 0.25) is 5.91 Å². The fourth-order valence-electron chi connectivity index (χ4n) is 4.82. The van der Waals surface area contributed by atoms with Crippen LogP contribution in [0.1, 0.15) is 40.3 Å². The first-order valence-electron chi connectivity index (χ1n) is 12.8. The Kier molecular flexibility index (Phi) is 7.66. The minimum absolute atomic E-state index is 0.0297. The fraction of sp³-hybridized carbons (Fsp3) is 0.290. The molecular formula is C31H32N2O4. The van der Waals surface area contributed by atoms with E-state index in [1.54, 1.807) is 9.80 Å². The van der Waals surface area contributed by atoms with Crippen LogP contribution in [-0.4, -0.2) is 47.4 Å². The van der Waals surface area contributed by atoms with Crippen LogP contribution in [0.25, 0.3) is 10.8 Å². The highest BCUT2D eigenvalue weighted by molar-refractivity contribution is 6.00. The molecule has 0 bridgehead atoms. The van der Waals surface area contributed by atoms with E-state index >= 15 is 0 Å². The van der Waals surface area contributed by atoms with Gasteiger partial charge in [0.15, 0.2) is 0 Å². The van der Waals surface area contributed by atoms with E-state index in [0.717, 1.165) is 34.9 Å². The van der Waals surface area contributed by atoms with E-state index in [4.69, 9.17) is 9.15 Å². The van der Waals surface area contributed by atoms with Crippen LogP contribution in [0, 0.1) is 6.92 Å². The smallest absolute Gasteiger partial charge is 0.254 e. The van der Waals surface area contributed by atoms with Crippen molar-refractivity contribution >= 4 is 22.6 Å². The van der Waals surface area contributed by atoms with Crippen molar-refractivity contribution < 1.29 is 18.7 Å². The normalized spacial score (nSPS) is 15.1. The number of nitrogens with zero attached hydrogens (tertiary/aromatic N) is 2. The lowest BCUT2D eigenvalue weighted by atomic mass is 10.1. The van der Waals surface area contributed by atoms with Gasteiger partial charge < -0.3 is 19.0 Å². The number of carbonyl (C=O) groups is 2. The number of benzene rings is 3. The molecule has 6 nitrogen and oxygen atoms in total. The molecule has 1 fully saturated rings. The zero-order valence-electron chi connectivity index (χ0n) is 21.1. The minimum atomic E-state index is -0.164. The standard InChI is InChI=1S/C31H32N2O4/c1-23-13-16-29(37-23)21-32(19-24-8-3-2-4-9-24)30(34)22-33(20-28-12-7-17-36-28)31(35)27-15-14-25-10-5-6-11-26(25)18-27/h2-6,8-11,13-16,18,28H,7,12,17,19-22H2,1H3. The summed E-state index contributed by atoms with van der Waals surface area (Å²) in [5.74, 6) is 1.22. The van der Waals surface area contributed by atoms with E-state index < -0.39 is 0 Å². The van der Waals surface area contributed by atoms with Crippen LogP contribution >= 0.6 is 0 Å². The molecular weight excluding hydrogens is 464 g/mol. The van der Waals surface area contributed by atoms with Gasteiger partial charge in [0.1, 0.15) is 18.1 Å². The van der Waals surface area contributed by atoms with Crippen LogP contribution in [0.2, 0.25) is 0 Å². The molecule has 190 valence electrons. The summed E-state index contributed by atoms with van der Waals surface area (Å²) in [6, 6.07) is 27.3. The van der Waals surface area contributed by atoms with Gasteiger partial charge in [-0.25, -0.2) is 0 Å². The second-order valence-electron chi connectivity index (χ2n) is 9.63. The summed E-state index contributed by atoms with van der Waals surface area (Å²) in [6.07, 6.45) is 1.79. The minimum Gasteiger partial charge on any atom is -0.464 e. The number of aryl methyl sites for hydroxylation is 1. The van der Waals surface area contributed by atoms with Crippen molar-refractivity contribution in [2.45, 2.75) is 39.0 Å². The molecule has 0 saturated carbocycles. The van der Waals surface area contributed by atoms with Gasteiger partial charge in [0.05, 0.1) is 12.6 Å². The molecule has 6 heteroatoms. The van der Waals surface area contributed by atoms with E-state index in [-0.39, 0.29) is 24.5 Å². The molecule has 0 radical (unpaired) electrons. The van der Waals surface area contributed by atoms with Gasteiger partial charge in [0.25, 0.3) is 5.91 Å². The van der Waals surface area contributed by atoms with E-state index in [9.17, 15) is 9.59 Å². The summed E-state index contributed by atoms with van der Waals surface area (Å²) < 4.78 is 11.6. The van der Waals surface area contributed by atoms with E-state index in [1.807, 2.05) is 91.9 Å². The Morgan fingerprint density at radius 3 is 2.38 bits per heavy atom. The van der Waals surface area contributed by atoms with Gasteiger partial charge in [-0.1, -0.05) is 60.7 Å². The van der Waals surface area contributed by atoms with Gasteiger partial charge in [-0.2, -0.15) is 0 Å². The Balaban J connectivity index is 1.39. The number of hydrogen-bond acceptors (Lipinski definition) is 4. The van der Waals surface area contributed by atoms with Crippen molar-refractivity contribution in [3.05, 3.63) is 108 Å². The third-order valence-electron chi connectivity index (χ3n) is 6.77. The lowest BCUT2D eigenvalue weighted by molar-refractivity contribution is -0.133. The lowest BCUT2D eigenvalue weighted by Gasteiger charge is -2.29. The van der Waals surface area contributed by atoms with Gasteiger partial charge in [-0.3, -0.25) is 9.59 Å². The number of hydrogen-bond donors (Lipinski definition) is 0. The molecule has 0 spiro atoms. The second-order valence-corrected chi connectivity index (χ2v) is 9.63. The molecule has 0 N–H and O–H groups in total. The Labute approximate surface area is 217 Å². The zero-order valence-corrected chi connectivity index (χ0v) is 21.1. The second kappa shape index (κ2) is 11.4. The highest BCUT2D eigenvalue weighted by atomic mass is 16.5. The highest BCUT2D eigenvalue weighted by Gasteiger charge is 2.27. The number of carbonyl (C=O) groups excluding carboxylic acids is 2. The van der Waals surface area contributed by atoms with Crippen molar-refractivity contribution in [2.75, 3.05) is 19.7 Å². The number of furan rings is 1. The molecule has 1 saturated heterocycles. The monoisotopic (exact) mass is 496 g/mol. The Morgan fingerprint density at radius 1 is 0.865 bits per heavy atom. The number of amides is 2. The molecule has 5 rings (SSSR count). The largest absolute Gasteiger partial charge is 0.464 e. The maximum atomic E-state index is 13.7. The third kappa shape index (κ3) is 6.27. The third-order valence-corrected chi connectivity index (χ3v) is 6.77. The van der Waals surface area contributed by atoms with Crippen LogP contribution in [-0.2, 0) is 22.6 Å². The average molecular weight is 497 g/mol. The molecule has 3 aromatic carbocycles. The molecule has 0 aliphatic carbocycles. The average Bonchev–Trinajstić information content (AvgIpc) is 3.59. The molecule has 4 aromatic rings. The van der Waals surface area contributed by atoms with Gasteiger partial charge in [-0.05, 0) is 60.4 Å². The van der Waals surface area contributed by atoms with Crippen molar-refractivity contribution in [3.8, 4) is 0 Å². The maximum Gasteiger partial charge on any atom is 0.254 e. The van der Waals surface area contributed by atoms with Crippen molar-refractivity contribution in [2.24, 2.45) is 0 Å². The molecule has 1 unspecified atom stereocenters. The number of fused-ring (bicyclic) bond motifs is 1. The summed E-state index contributed by atoms with van der Waals surface area (Å²) in [6.45, 7) is 3.69. The first kappa shape index (κ1) is 24.8. The first-order valence-corrected chi connectivity index (χ1v) is 12.8. The Hall–Kier alpha value is -3.90. The van der Waals surface area contributed by atoms with Gasteiger partial charge in [-0.15, -0.1) is 0 Å². The van der Waals surface area contributed by atoms with Crippen LogP contribution in [0.15, 0.2) is 89.3 Å². The summed E-state index contributed by atoms with van der Waals surface area (Å²) in [5.41, 5.74) is 1.59. The van der Waals surface area contributed by atoms with Crippen molar-refractivity contribution in [1.82, 2.24) is 9.80 Å². The topological polar surface area (TPSA) is 63.0 Å². The predicted molar refractivity (Wildman–Crippen MR) is 143 cm³/mol. The van der Waals surface area contributed by atoms with Crippen molar-refractivity contribution in [3.63, 3.8) is 0 Å². The fourth-order valence-corrected chi connectivity index (χ4v) is 4.82. The lowest BCUT2D eigenvalue weighted by Crippen LogP contribution is -2.45. The quantitative estimate of drug-likeness (QED) is 0.303. The first-order chi connectivity index (χ1) is 18.0. The summed E-state index contributed by atoms with van der Waals surface area (Å²) in [5, 5.41) is 2.07.